The summed E-state index contributed by atoms with van der Waals surface area (Å²) >= 11 is 0. The van der Waals surface area contributed by atoms with Gasteiger partial charge in [0.25, 0.3) is 0 Å². The molecule has 9 nitrogen and oxygen atoms in total. The largest absolute Gasteiger partial charge is 0.383 e. The lowest BCUT2D eigenvalue weighted by molar-refractivity contribution is 0.175. The van der Waals surface area contributed by atoms with Gasteiger partial charge in [0.05, 0.1) is 5.56 Å². The molecular weight excluding hydrogens is 462 g/mol. The van der Waals surface area contributed by atoms with Gasteiger partial charge in [-0.1, -0.05) is 12.1 Å². The second-order valence-electron chi connectivity index (χ2n) is 9.78. The topological polar surface area (TPSA) is 111 Å². The molecule has 0 amide bonds. The van der Waals surface area contributed by atoms with E-state index in [4.69, 9.17) is 10.7 Å². The van der Waals surface area contributed by atoms with Crippen molar-refractivity contribution < 1.29 is 0 Å². The fraction of sp³-hybridized carbons (Fsp3) is 0.250. The number of rotatable bonds is 6. The molecule has 9 heteroatoms. The van der Waals surface area contributed by atoms with Crippen molar-refractivity contribution in [2.75, 3.05) is 24.1 Å². The van der Waals surface area contributed by atoms with Crippen LogP contribution in [0.4, 0.5) is 11.6 Å². The molecule has 4 aromatic heterocycles. The zero-order chi connectivity index (χ0) is 25.2. The summed E-state index contributed by atoms with van der Waals surface area (Å²) in [4.78, 5) is 24.5. The summed E-state index contributed by atoms with van der Waals surface area (Å²) in [6.07, 6.45) is 8.94. The van der Waals surface area contributed by atoms with Crippen LogP contribution in [0.2, 0.25) is 0 Å². The molecule has 0 spiro atoms. The Kier molecular flexibility index (Phi) is 5.97. The summed E-state index contributed by atoms with van der Waals surface area (Å²) in [7, 11) is 0. The fourth-order valence-corrected chi connectivity index (χ4v) is 4.96. The minimum atomic E-state index is 0.0364. The standard InChI is InChI=1S/C28H29N9/c1-28(35-24-10-15-30-19-33-24)11-16-36(17-12-28)18-20-6-8-21(9-7-20)37-26(22-4-2-13-31-25(22)29)34-23-5-3-14-32-27(23)37/h2-10,13-15,19H,11-12,16-18H2,1H3,(H2,29,31)(H,30,33,35). The molecule has 0 radical (unpaired) electrons. The van der Waals surface area contributed by atoms with Gasteiger partial charge in [-0.05, 0) is 67.8 Å². The molecule has 5 aromatic rings. The lowest BCUT2D eigenvalue weighted by Crippen LogP contribution is -2.47. The minimum Gasteiger partial charge on any atom is -0.383 e. The highest BCUT2D eigenvalue weighted by atomic mass is 15.2. The van der Waals surface area contributed by atoms with Crippen LogP contribution in [0.25, 0.3) is 28.2 Å². The molecule has 0 aliphatic carbocycles. The Labute approximate surface area is 215 Å². The lowest BCUT2D eigenvalue weighted by atomic mass is 9.89. The van der Waals surface area contributed by atoms with Gasteiger partial charge in [-0.15, -0.1) is 0 Å². The molecule has 0 unspecified atom stereocenters. The molecule has 1 fully saturated rings. The van der Waals surface area contributed by atoms with E-state index in [0.29, 0.717) is 5.82 Å². The van der Waals surface area contributed by atoms with Crippen molar-refractivity contribution in [1.29, 1.82) is 0 Å². The van der Waals surface area contributed by atoms with E-state index >= 15 is 0 Å². The summed E-state index contributed by atoms with van der Waals surface area (Å²) in [5.74, 6) is 2.07. The van der Waals surface area contributed by atoms with Gasteiger partial charge in [0, 0.05) is 49.5 Å². The van der Waals surface area contributed by atoms with Crippen molar-refractivity contribution in [3.63, 3.8) is 0 Å². The van der Waals surface area contributed by atoms with Gasteiger partial charge in [-0.2, -0.15) is 0 Å². The van der Waals surface area contributed by atoms with E-state index in [2.05, 4.69) is 65.9 Å². The van der Waals surface area contributed by atoms with E-state index in [-0.39, 0.29) is 5.54 Å². The first-order chi connectivity index (χ1) is 18.1. The molecule has 1 saturated heterocycles. The number of anilines is 2. The van der Waals surface area contributed by atoms with E-state index in [9.17, 15) is 0 Å². The number of pyridine rings is 2. The highest BCUT2D eigenvalue weighted by Crippen LogP contribution is 2.31. The summed E-state index contributed by atoms with van der Waals surface area (Å²) in [5, 5.41) is 3.60. The zero-order valence-electron chi connectivity index (χ0n) is 20.7. The summed E-state index contributed by atoms with van der Waals surface area (Å²) in [5.41, 5.74) is 10.9. The van der Waals surface area contributed by atoms with Crippen LogP contribution in [0.1, 0.15) is 25.3 Å². The molecule has 0 saturated carbocycles. The maximum atomic E-state index is 6.21. The van der Waals surface area contributed by atoms with Gasteiger partial charge in [-0.3, -0.25) is 9.47 Å². The van der Waals surface area contributed by atoms with Gasteiger partial charge >= 0.3 is 0 Å². The van der Waals surface area contributed by atoms with Crippen LogP contribution >= 0.6 is 0 Å². The monoisotopic (exact) mass is 491 g/mol. The Hall–Kier alpha value is -4.37. The second kappa shape index (κ2) is 9.59. The first-order valence-electron chi connectivity index (χ1n) is 12.5. The van der Waals surface area contributed by atoms with E-state index in [1.807, 2.05) is 30.3 Å². The fourth-order valence-electron chi connectivity index (χ4n) is 4.96. The third kappa shape index (κ3) is 4.73. The van der Waals surface area contributed by atoms with Crippen LogP contribution in [-0.4, -0.2) is 53.0 Å². The molecule has 1 aliphatic heterocycles. The van der Waals surface area contributed by atoms with Crippen molar-refractivity contribution in [1.82, 2.24) is 34.4 Å². The van der Waals surface area contributed by atoms with Gasteiger partial charge in [0.1, 0.15) is 23.5 Å². The lowest BCUT2D eigenvalue weighted by Gasteiger charge is -2.40. The number of hydrogen-bond acceptors (Lipinski definition) is 8. The highest BCUT2D eigenvalue weighted by molar-refractivity contribution is 5.82. The molecule has 0 atom stereocenters. The van der Waals surface area contributed by atoms with E-state index < -0.39 is 0 Å². The molecule has 1 aromatic carbocycles. The minimum absolute atomic E-state index is 0.0364. The Morgan fingerprint density at radius 1 is 0.919 bits per heavy atom. The first-order valence-corrected chi connectivity index (χ1v) is 12.5. The number of piperidine rings is 1. The number of nitrogens with zero attached hydrogens (tertiary/aromatic N) is 7. The maximum absolute atomic E-state index is 6.21. The number of likely N-dealkylation sites (tertiary alicyclic amines) is 1. The number of aromatic nitrogens is 6. The number of nitrogen functional groups attached to an aromatic ring is 1. The normalized spacial score (nSPS) is 15.6. The maximum Gasteiger partial charge on any atom is 0.164 e. The SMILES string of the molecule is CC1(Nc2ccncn2)CCN(Cc2ccc(-n3c(-c4cccnc4N)nc4cccnc43)cc2)CC1. The molecule has 5 heterocycles. The zero-order valence-corrected chi connectivity index (χ0v) is 20.7. The van der Waals surface area contributed by atoms with Crippen molar-refractivity contribution in [3.05, 3.63) is 85.1 Å². The van der Waals surface area contributed by atoms with Crippen molar-refractivity contribution in [3.8, 4) is 17.1 Å². The average Bonchev–Trinajstić information content (AvgIpc) is 3.31. The Balaban J connectivity index is 1.20. The number of nitrogens with two attached hydrogens (primary N) is 1. The third-order valence-corrected chi connectivity index (χ3v) is 7.07. The van der Waals surface area contributed by atoms with Gasteiger partial charge in [0.15, 0.2) is 11.5 Å². The number of imidazole rings is 1. The molecule has 37 heavy (non-hydrogen) atoms. The van der Waals surface area contributed by atoms with Crippen LogP contribution in [-0.2, 0) is 6.54 Å². The number of fused-ring (bicyclic) bond motifs is 1. The molecule has 0 bridgehead atoms. The predicted octanol–water partition coefficient (Wildman–Crippen LogP) is 4.32. The van der Waals surface area contributed by atoms with Gasteiger partial charge in [-0.25, -0.2) is 24.9 Å². The third-order valence-electron chi connectivity index (χ3n) is 7.07. The number of benzene rings is 1. The quantitative estimate of drug-likeness (QED) is 0.361. The number of hydrogen-bond donors (Lipinski definition) is 2. The van der Waals surface area contributed by atoms with Crippen molar-refractivity contribution in [2.24, 2.45) is 0 Å². The molecule has 6 rings (SSSR count). The molecule has 186 valence electrons. The molecule has 3 N–H and O–H groups in total. The van der Waals surface area contributed by atoms with Crippen LogP contribution < -0.4 is 11.1 Å². The van der Waals surface area contributed by atoms with Gasteiger partial charge in [0.2, 0.25) is 0 Å². The van der Waals surface area contributed by atoms with Crippen LogP contribution in [0, 0.1) is 0 Å². The van der Waals surface area contributed by atoms with Crippen LogP contribution in [0.15, 0.2) is 79.5 Å². The Morgan fingerprint density at radius 3 is 2.46 bits per heavy atom. The first kappa shape index (κ1) is 23.1. The van der Waals surface area contributed by atoms with Crippen LogP contribution in [0.5, 0.6) is 0 Å². The van der Waals surface area contributed by atoms with Crippen LogP contribution in [0.3, 0.4) is 0 Å². The smallest absolute Gasteiger partial charge is 0.164 e. The number of nitrogens with one attached hydrogen (secondary N) is 1. The summed E-state index contributed by atoms with van der Waals surface area (Å²) < 4.78 is 2.05. The van der Waals surface area contributed by atoms with E-state index in [0.717, 1.165) is 66.5 Å². The average molecular weight is 492 g/mol. The highest BCUT2D eigenvalue weighted by Gasteiger charge is 2.30. The second-order valence-corrected chi connectivity index (χ2v) is 9.78. The molecule has 1 aliphatic rings. The van der Waals surface area contributed by atoms with E-state index in [1.165, 1.54) is 5.56 Å². The Morgan fingerprint density at radius 2 is 1.70 bits per heavy atom. The van der Waals surface area contributed by atoms with Crippen molar-refractivity contribution in [2.45, 2.75) is 31.8 Å². The molecular formula is C28H29N9. The summed E-state index contributed by atoms with van der Waals surface area (Å²) in [6.45, 7) is 5.24. The summed E-state index contributed by atoms with van der Waals surface area (Å²) in [6, 6.07) is 18.2. The van der Waals surface area contributed by atoms with Gasteiger partial charge < -0.3 is 11.1 Å². The van der Waals surface area contributed by atoms with Crippen molar-refractivity contribution >= 4 is 22.8 Å². The Bertz CT molecular complexity index is 1500. The van der Waals surface area contributed by atoms with E-state index in [1.54, 1.807) is 24.9 Å². The predicted molar refractivity (Wildman–Crippen MR) is 145 cm³/mol.